The van der Waals surface area contributed by atoms with Crippen LogP contribution in [0.15, 0.2) is 0 Å². The molecule has 5 unspecified atom stereocenters. The van der Waals surface area contributed by atoms with E-state index in [1.807, 2.05) is 20.8 Å². The molecule has 0 rings (SSSR count). The molecular formula is C29H59NO15. The van der Waals surface area contributed by atoms with Crippen LogP contribution in [0.4, 0.5) is 0 Å². The summed E-state index contributed by atoms with van der Waals surface area (Å²) >= 11 is 0. The molecule has 0 spiro atoms. The van der Waals surface area contributed by atoms with Gasteiger partial charge in [0.15, 0.2) is 0 Å². The summed E-state index contributed by atoms with van der Waals surface area (Å²) in [6.45, 7) is 5.38. The van der Waals surface area contributed by atoms with Crippen molar-refractivity contribution in [1.29, 1.82) is 0 Å². The maximum Gasteiger partial charge on any atom is 0.222 e. The first-order valence-electron chi connectivity index (χ1n) is 15.5. The van der Waals surface area contributed by atoms with Crippen LogP contribution in [0.25, 0.3) is 0 Å². The third-order valence-electron chi connectivity index (χ3n) is 5.91. The van der Waals surface area contributed by atoms with Crippen LogP contribution in [0, 0.1) is 5.92 Å². The SMILES string of the molecule is CCC[C@@H](O)[C@H](O)[C@@H](O)CNC(=O)CCOCC(O)COCC(O)COCC(O)COCC(O)COCC(O)COCC(C)C. The molecule has 9 N–H and O–H groups in total. The number of nitrogens with one attached hydrogen (secondary N) is 1. The van der Waals surface area contributed by atoms with Crippen molar-refractivity contribution < 1.29 is 74.1 Å². The highest BCUT2D eigenvalue weighted by molar-refractivity contribution is 5.75. The minimum absolute atomic E-state index is 0.00606. The smallest absolute Gasteiger partial charge is 0.222 e. The van der Waals surface area contributed by atoms with Crippen LogP contribution in [-0.2, 0) is 33.2 Å². The third-order valence-corrected chi connectivity index (χ3v) is 5.91. The molecule has 0 bridgehead atoms. The zero-order chi connectivity index (χ0) is 34.0. The van der Waals surface area contributed by atoms with E-state index in [4.69, 9.17) is 28.4 Å². The average Bonchev–Trinajstić information content (AvgIpc) is 2.97. The first kappa shape index (κ1) is 43.9. The molecule has 1 amide bonds. The van der Waals surface area contributed by atoms with Gasteiger partial charge in [0.05, 0.1) is 84.9 Å². The summed E-state index contributed by atoms with van der Waals surface area (Å²) in [6.07, 6.45) is -7.59. The molecule has 0 heterocycles. The van der Waals surface area contributed by atoms with Crippen molar-refractivity contribution in [2.45, 2.75) is 88.9 Å². The molecule has 16 nitrogen and oxygen atoms in total. The number of rotatable bonds is 31. The van der Waals surface area contributed by atoms with Crippen LogP contribution in [0.1, 0.15) is 40.0 Å². The van der Waals surface area contributed by atoms with Crippen molar-refractivity contribution in [1.82, 2.24) is 5.32 Å². The molecule has 0 aliphatic heterocycles. The van der Waals surface area contributed by atoms with E-state index in [0.717, 1.165) is 0 Å². The van der Waals surface area contributed by atoms with E-state index in [2.05, 4.69) is 5.32 Å². The second-order valence-corrected chi connectivity index (χ2v) is 11.4. The van der Waals surface area contributed by atoms with Gasteiger partial charge in [0.25, 0.3) is 0 Å². The number of hydrogen-bond donors (Lipinski definition) is 9. The second-order valence-electron chi connectivity index (χ2n) is 11.4. The number of aliphatic hydroxyl groups excluding tert-OH is 8. The molecule has 270 valence electrons. The van der Waals surface area contributed by atoms with Crippen molar-refractivity contribution in [3.8, 4) is 0 Å². The second kappa shape index (κ2) is 28.0. The van der Waals surface area contributed by atoms with Crippen LogP contribution < -0.4 is 5.32 Å². The summed E-state index contributed by atoms with van der Waals surface area (Å²) in [7, 11) is 0. The molecular weight excluding hydrogens is 602 g/mol. The van der Waals surface area contributed by atoms with Crippen molar-refractivity contribution >= 4 is 5.91 Å². The van der Waals surface area contributed by atoms with Crippen LogP contribution in [-0.4, -0.2) is 181 Å². The molecule has 8 atom stereocenters. The minimum atomic E-state index is -1.36. The molecule has 0 radical (unpaired) electrons. The molecule has 45 heavy (non-hydrogen) atoms. The summed E-state index contributed by atoms with van der Waals surface area (Å²) in [5.74, 6) is -0.0727. The molecule has 0 aromatic rings. The Labute approximate surface area is 266 Å². The number of aliphatic hydroxyl groups is 8. The number of carbonyl (C=O) groups is 1. The van der Waals surface area contributed by atoms with Gasteiger partial charge in [-0.3, -0.25) is 4.79 Å². The first-order valence-corrected chi connectivity index (χ1v) is 15.5. The maximum atomic E-state index is 11.8. The Morgan fingerprint density at radius 1 is 0.556 bits per heavy atom. The molecule has 16 heteroatoms. The van der Waals surface area contributed by atoms with Gasteiger partial charge in [0.1, 0.15) is 36.6 Å². The molecule has 0 fully saturated rings. The quantitative estimate of drug-likeness (QED) is 0.0335. The highest BCUT2D eigenvalue weighted by Crippen LogP contribution is 2.06. The summed E-state index contributed by atoms with van der Waals surface area (Å²) in [4.78, 5) is 11.8. The predicted molar refractivity (Wildman–Crippen MR) is 160 cm³/mol. The number of amides is 1. The van der Waals surface area contributed by atoms with Crippen LogP contribution in [0.2, 0.25) is 0 Å². The molecule has 0 aliphatic carbocycles. The lowest BCUT2D eigenvalue weighted by Gasteiger charge is -2.22. The standard InChI is InChI=1S/C29H59NO15/c1-4-5-26(36)29(39)27(37)8-30-28(38)6-7-40-10-21(31)12-42-14-23(33)16-44-18-25(35)19-45-17-24(34)15-43-13-22(32)11-41-9-20(2)3/h20-27,29,31-37,39H,4-19H2,1-3H3,(H,30,38)/t21?,22?,23?,24?,25?,26-,27+,29+/m1/s1. The van der Waals surface area contributed by atoms with Crippen molar-refractivity contribution in [3.05, 3.63) is 0 Å². The summed E-state index contributed by atoms with van der Waals surface area (Å²) in [6, 6.07) is 0. The van der Waals surface area contributed by atoms with Crippen LogP contribution >= 0.6 is 0 Å². The highest BCUT2D eigenvalue weighted by atomic mass is 16.5. The van der Waals surface area contributed by atoms with Crippen LogP contribution in [0.5, 0.6) is 0 Å². The van der Waals surface area contributed by atoms with E-state index in [9.17, 15) is 45.6 Å². The van der Waals surface area contributed by atoms with Crippen molar-refractivity contribution in [2.75, 3.05) is 85.8 Å². The molecule has 0 aliphatic rings. The topological polar surface area (TPSA) is 246 Å². The Morgan fingerprint density at radius 3 is 1.27 bits per heavy atom. The van der Waals surface area contributed by atoms with Gasteiger partial charge >= 0.3 is 0 Å². The number of carbonyl (C=O) groups excluding carboxylic acids is 1. The zero-order valence-electron chi connectivity index (χ0n) is 26.9. The Kier molecular flexibility index (Phi) is 27.3. The van der Waals surface area contributed by atoms with Gasteiger partial charge in [-0.1, -0.05) is 27.2 Å². The highest BCUT2D eigenvalue weighted by Gasteiger charge is 2.24. The van der Waals surface area contributed by atoms with Gasteiger partial charge in [-0.05, 0) is 12.3 Å². The van der Waals surface area contributed by atoms with Crippen molar-refractivity contribution in [2.24, 2.45) is 5.92 Å². The van der Waals surface area contributed by atoms with Gasteiger partial charge in [-0.15, -0.1) is 0 Å². The fourth-order valence-electron chi connectivity index (χ4n) is 3.58. The van der Waals surface area contributed by atoms with Gasteiger partial charge < -0.3 is 74.6 Å². The lowest BCUT2D eigenvalue weighted by atomic mass is 10.0. The fourth-order valence-corrected chi connectivity index (χ4v) is 3.58. The van der Waals surface area contributed by atoms with Crippen LogP contribution in [0.3, 0.4) is 0 Å². The maximum absolute atomic E-state index is 11.8. The largest absolute Gasteiger partial charge is 0.390 e. The van der Waals surface area contributed by atoms with E-state index >= 15 is 0 Å². The van der Waals surface area contributed by atoms with E-state index in [1.54, 1.807) is 0 Å². The van der Waals surface area contributed by atoms with E-state index in [0.29, 0.717) is 25.4 Å². The normalized spacial score (nSPS) is 17.4. The van der Waals surface area contributed by atoms with Crippen molar-refractivity contribution in [3.63, 3.8) is 0 Å². The minimum Gasteiger partial charge on any atom is -0.390 e. The van der Waals surface area contributed by atoms with Gasteiger partial charge in [-0.2, -0.15) is 0 Å². The summed E-state index contributed by atoms with van der Waals surface area (Å²) < 4.78 is 31.4. The summed E-state index contributed by atoms with van der Waals surface area (Å²) in [5.41, 5.74) is 0. The molecule has 0 saturated heterocycles. The fraction of sp³-hybridized carbons (Fsp3) is 0.966. The Balaban J connectivity index is 3.75. The molecule has 0 aromatic carbocycles. The van der Waals surface area contributed by atoms with E-state index in [-0.39, 0.29) is 85.6 Å². The third kappa shape index (κ3) is 26.7. The lowest BCUT2D eigenvalue weighted by molar-refractivity contribution is -0.124. The summed E-state index contributed by atoms with van der Waals surface area (Å²) in [5, 5.41) is 81.2. The first-order chi connectivity index (χ1) is 21.3. The van der Waals surface area contributed by atoms with Gasteiger partial charge in [-0.25, -0.2) is 0 Å². The Hall–Kier alpha value is -1.09. The van der Waals surface area contributed by atoms with E-state index < -0.39 is 54.7 Å². The lowest BCUT2D eigenvalue weighted by Crippen LogP contribution is -2.44. The van der Waals surface area contributed by atoms with Gasteiger partial charge in [0.2, 0.25) is 5.91 Å². The Morgan fingerprint density at radius 2 is 0.911 bits per heavy atom. The number of ether oxygens (including phenoxy) is 6. The average molecular weight is 662 g/mol. The Bertz CT molecular complexity index is 692. The van der Waals surface area contributed by atoms with Gasteiger partial charge in [0, 0.05) is 19.6 Å². The predicted octanol–water partition coefficient (Wildman–Crippen LogP) is -3.06. The van der Waals surface area contributed by atoms with E-state index in [1.165, 1.54) is 0 Å². The monoisotopic (exact) mass is 661 g/mol. The number of hydrogen-bond acceptors (Lipinski definition) is 15. The zero-order valence-corrected chi connectivity index (χ0v) is 26.9. The molecule has 0 saturated carbocycles. The molecule has 0 aromatic heterocycles.